The van der Waals surface area contributed by atoms with Crippen LogP contribution in [-0.4, -0.2) is 4.98 Å². The Kier molecular flexibility index (Phi) is 2.67. The number of aromatic nitrogens is 1. The topological polar surface area (TPSA) is 36.7 Å². The third-order valence-electron chi connectivity index (χ3n) is 2.53. The molecule has 0 aliphatic heterocycles. The minimum absolute atomic E-state index is 0.0410. The highest BCUT2D eigenvalue weighted by atomic mass is 14.7. The molecular formula is C11H14N2. The van der Waals surface area contributed by atoms with Crippen molar-refractivity contribution in [3.05, 3.63) is 29.6 Å². The van der Waals surface area contributed by atoms with Gasteiger partial charge in [0.2, 0.25) is 0 Å². The van der Waals surface area contributed by atoms with Crippen molar-refractivity contribution in [3.8, 4) is 6.07 Å². The maximum atomic E-state index is 8.86. The molecule has 1 aromatic heterocycles. The molecule has 0 aromatic carbocycles. The van der Waals surface area contributed by atoms with E-state index in [1.807, 2.05) is 12.1 Å². The van der Waals surface area contributed by atoms with E-state index in [9.17, 15) is 0 Å². The summed E-state index contributed by atoms with van der Waals surface area (Å²) in [5.74, 6) is 0. The van der Waals surface area contributed by atoms with E-state index in [1.165, 1.54) is 0 Å². The van der Waals surface area contributed by atoms with Gasteiger partial charge in [0.15, 0.2) is 0 Å². The second kappa shape index (κ2) is 3.57. The molecule has 2 nitrogen and oxygen atoms in total. The normalized spacial score (nSPS) is 10.9. The van der Waals surface area contributed by atoms with Crippen LogP contribution in [0.25, 0.3) is 0 Å². The van der Waals surface area contributed by atoms with Crippen LogP contribution in [0.3, 0.4) is 0 Å². The molecule has 0 saturated carbocycles. The molecule has 1 heterocycles. The molecule has 1 rings (SSSR count). The lowest BCUT2D eigenvalue weighted by molar-refractivity contribution is 0.503. The summed E-state index contributed by atoms with van der Waals surface area (Å²) in [6, 6.07) is 5.99. The molecular weight excluding hydrogens is 160 g/mol. The minimum Gasteiger partial charge on any atom is -0.245 e. The van der Waals surface area contributed by atoms with Crippen LogP contribution in [0.5, 0.6) is 0 Å². The summed E-state index contributed by atoms with van der Waals surface area (Å²) in [7, 11) is 0. The molecule has 0 unspecified atom stereocenters. The Morgan fingerprint density at radius 1 is 1.54 bits per heavy atom. The second-order valence-electron chi connectivity index (χ2n) is 3.75. The molecule has 0 fully saturated rings. The number of nitriles is 1. The Morgan fingerprint density at radius 3 is 2.77 bits per heavy atom. The molecule has 0 bridgehead atoms. The fraction of sp³-hybridized carbons (Fsp3) is 0.455. The number of hydrogen-bond donors (Lipinski definition) is 0. The van der Waals surface area contributed by atoms with Gasteiger partial charge < -0.3 is 0 Å². The third kappa shape index (κ3) is 1.86. The lowest BCUT2D eigenvalue weighted by Crippen LogP contribution is -2.17. The summed E-state index contributed by atoms with van der Waals surface area (Å²) in [4.78, 5) is 4.05. The molecule has 0 saturated heterocycles. The first-order valence-corrected chi connectivity index (χ1v) is 4.47. The summed E-state index contributed by atoms with van der Waals surface area (Å²) in [6.07, 6.45) is 2.67. The van der Waals surface area contributed by atoms with Crippen molar-refractivity contribution in [1.29, 1.82) is 5.26 Å². The summed E-state index contributed by atoms with van der Waals surface area (Å²) in [6.45, 7) is 6.38. The van der Waals surface area contributed by atoms with E-state index in [0.29, 0.717) is 5.69 Å². The van der Waals surface area contributed by atoms with Crippen molar-refractivity contribution >= 4 is 0 Å². The molecule has 2 heteroatoms. The van der Waals surface area contributed by atoms with Crippen molar-refractivity contribution in [2.45, 2.75) is 32.6 Å². The lowest BCUT2D eigenvalue weighted by atomic mass is 9.81. The van der Waals surface area contributed by atoms with Crippen LogP contribution in [-0.2, 0) is 5.41 Å². The van der Waals surface area contributed by atoms with Gasteiger partial charge in [-0.2, -0.15) is 5.26 Å². The molecule has 0 aliphatic carbocycles. The van der Waals surface area contributed by atoms with Crippen LogP contribution in [0.15, 0.2) is 18.3 Å². The quantitative estimate of drug-likeness (QED) is 0.691. The molecule has 13 heavy (non-hydrogen) atoms. The first-order valence-electron chi connectivity index (χ1n) is 4.47. The smallest absolute Gasteiger partial charge is 0.144 e. The third-order valence-corrected chi connectivity index (χ3v) is 2.53. The van der Waals surface area contributed by atoms with E-state index in [-0.39, 0.29) is 5.41 Å². The largest absolute Gasteiger partial charge is 0.245 e. The molecule has 1 aromatic rings. The zero-order chi connectivity index (χ0) is 9.90. The van der Waals surface area contributed by atoms with Crippen molar-refractivity contribution < 1.29 is 0 Å². The predicted molar refractivity (Wildman–Crippen MR) is 52.3 cm³/mol. The van der Waals surface area contributed by atoms with Gasteiger partial charge in [-0.25, -0.2) is 4.98 Å². The standard InChI is InChI=1S/C11H14N2/c1-4-11(2,3)9-6-5-7-13-10(9)8-12/h5-7H,4H2,1-3H3. The molecule has 0 radical (unpaired) electrons. The van der Waals surface area contributed by atoms with Gasteiger partial charge in [-0.15, -0.1) is 0 Å². The van der Waals surface area contributed by atoms with Gasteiger partial charge in [-0.1, -0.05) is 26.8 Å². The van der Waals surface area contributed by atoms with E-state index in [4.69, 9.17) is 5.26 Å². The summed E-state index contributed by atoms with van der Waals surface area (Å²) < 4.78 is 0. The van der Waals surface area contributed by atoms with Crippen LogP contribution in [0.4, 0.5) is 0 Å². The highest BCUT2D eigenvalue weighted by Crippen LogP contribution is 2.27. The number of hydrogen-bond acceptors (Lipinski definition) is 2. The van der Waals surface area contributed by atoms with E-state index in [1.54, 1.807) is 6.20 Å². The fourth-order valence-corrected chi connectivity index (χ4v) is 1.23. The highest BCUT2D eigenvalue weighted by molar-refractivity contribution is 5.35. The summed E-state index contributed by atoms with van der Waals surface area (Å²) >= 11 is 0. The Labute approximate surface area is 79.2 Å². The monoisotopic (exact) mass is 174 g/mol. The summed E-state index contributed by atoms with van der Waals surface area (Å²) in [5, 5.41) is 8.86. The Hall–Kier alpha value is -1.36. The molecule has 0 aliphatic rings. The Balaban J connectivity index is 3.22. The van der Waals surface area contributed by atoms with Gasteiger partial charge >= 0.3 is 0 Å². The zero-order valence-electron chi connectivity index (χ0n) is 8.33. The number of pyridine rings is 1. The van der Waals surface area contributed by atoms with E-state index in [2.05, 4.69) is 31.8 Å². The molecule has 0 atom stereocenters. The predicted octanol–water partition coefficient (Wildman–Crippen LogP) is 2.64. The first-order chi connectivity index (χ1) is 6.11. The molecule has 68 valence electrons. The lowest BCUT2D eigenvalue weighted by Gasteiger charge is -2.23. The highest BCUT2D eigenvalue weighted by Gasteiger charge is 2.21. The average molecular weight is 174 g/mol. The zero-order valence-corrected chi connectivity index (χ0v) is 8.33. The van der Waals surface area contributed by atoms with Gasteiger partial charge in [-0.3, -0.25) is 0 Å². The van der Waals surface area contributed by atoms with Crippen molar-refractivity contribution in [1.82, 2.24) is 4.98 Å². The van der Waals surface area contributed by atoms with Crippen LogP contribution in [0.1, 0.15) is 38.4 Å². The second-order valence-corrected chi connectivity index (χ2v) is 3.75. The minimum atomic E-state index is 0.0410. The van der Waals surface area contributed by atoms with Crippen LogP contribution >= 0.6 is 0 Å². The van der Waals surface area contributed by atoms with Crippen molar-refractivity contribution in [2.24, 2.45) is 0 Å². The summed E-state index contributed by atoms with van der Waals surface area (Å²) in [5.41, 5.74) is 1.63. The number of nitrogens with zero attached hydrogens (tertiary/aromatic N) is 2. The molecule has 0 amide bonds. The van der Waals surface area contributed by atoms with E-state index in [0.717, 1.165) is 12.0 Å². The molecule has 0 N–H and O–H groups in total. The van der Waals surface area contributed by atoms with Crippen molar-refractivity contribution in [2.75, 3.05) is 0 Å². The van der Waals surface area contributed by atoms with E-state index < -0.39 is 0 Å². The van der Waals surface area contributed by atoms with Gasteiger partial charge in [0.05, 0.1) is 0 Å². The maximum absolute atomic E-state index is 8.86. The molecule has 0 spiro atoms. The first kappa shape index (κ1) is 9.73. The fourth-order valence-electron chi connectivity index (χ4n) is 1.23. The van der Waals surface area contributed by atoms with E-state index >= 15 is 0 Å². The van der Waals surface area contributed by atoms with Gasteiger partial charge in [0.25, 0.3) is 0 Å². The number of rotatable bonds is 2. The van der Waals surface area contributed by atoms with Crippen LogP contribution in [0, 0.1) is 11.3 Å². The Morgan fingerprint density at radius 2 is 2.23 bits per heavy atom. The Bertz CT molecular complexity index is 334. The van der Waals surface area contributed by atoms with Gasteiger partial charge in [-0.05, 0) is 23.5 Å². The van der Waals surface area contributed by atoms with Crippen molar-refractivity contribution in [3.63, 3.8) is 0 Å². The van der Waals surface area contributed by atoms with Gasteiger partial charge in [0, 0.05) is 6.20 Å². The SMILES string of the molecule is CCC(C)(C)c1cccnc1C#N. The van der Waals surface area contributed by atoms with Crippen LogP contribution in [0.2, 0.25) is 0 Å². The van der Waals surface area contributed by atoms with Crippen LogP contribution < -0.4 is 0 Å². The van der Waals surface area contributed by atoms with Gasteiger partial charge in [0.1, 0.15) is 11.8 Å². The maximum Gasteiger partial charge on any atom is 0.144 e. The average Bonchev–Trinajstić information content (AvgIpc) is 2.18.